The quantitative estimate of drug-likeness (QED) is 0.0915. The van der Waals surface area contributed by atoms with Crippen LogP contribution in [0.5, 0.6) is 0 Å². The lowest BCUT2D eigenvalue weighted by Crippen LogP contribution is -2.67. The highest BCUT2D eigenvalue weighted by atomic mass is 16.5. The van der Waals surface area contributed by atoms with E-state index in [4.69, 9.17) is 4.74 Å². The summed E-state index contributed by atoms with van der Waals surface area (Å²) in [4.78, 5) is 26.2. The van der Waals surface area contributed by atoms with E-state index >= 15 is 0 Å². The molecule has 5 aliphatic carbocycles. The molecule has 5 rings (SSSR count). The molecule has 0 amide bonds. The molecule has 5 fully saturated rings. The van der Waals surface area contributed by atoms with Crippen molar-refractivity contribution in [2.45, 2.75) is 183 Å². The Morgan fingerprint density at radius 3 is 1.94 bits per heavy atom. The molecule has 0 aliphatic heterocycles. The molecule has 4 heteroatoms. The number of carboxylic acid groups (broad SMARTS) is 1. The smallest absolute Gasteiger partial charge is 0.309 e. The Balaban J connectivity index is 1.10. The molecule has 0 heterocycles. The molecular formula is C50H78O4. The van der Waals surface area contributed by atoms with E-state index < -0.39 is 11.4 Å². The molecule has 0 spiro atoms. The number of allylic oxidation sites excluding steroid dienone is 9. The predicted octanol–water partition coefficient (Wildman–Crippen LogP) is 13.8. The van der Waals surface area contributed by atoms with Crippen LogP contribution in [0.4, 0.5) is 0 Å². The number of esters is 1. The Kier molecular flexibility index (Phi) is 14.1. The Morgan fingerprint density at radius 1 is 0.704 bits per heavy atom. The first kappa shape index (κ1) is 42.8. The molecule has 4 nitrogen and oxygen atoms in total. The first-order chi connectivity index (χ1) is 25.7. The van der Waals surface area contributed by atoms with Gasteiger partial charge in [0.2, 0.25) is 0 Å². The van der Waals surface area contributed by atoms with Crippen molar-refractivity contribution in [1.29, 1.82) is 0 Å². The van der Waals surface area contributed by atoms with Crippen molar-refractivity contribution in [3.8, 4) is 0 Å². The second-order valence-electron chi connectivity index (χ2n) is 20.0. The van der Waals surface area contributed by atoms with Crippen molar-refractivity contribution in [1.82, 2.24) is 0 Å². The maximum atomic E-state index is 13.2. The first-order valence-electron chi connectivity index (χ1n) is 22.4. The average molecular weight is 743 g/mol. The summed E-state index contributed by atoms with van der Waals surface area (Å²) in [7, 11) is 0. The first-order valence-corrected chi connectivity index (χ1v) is 22.4. The number of hydrogen-bond donors (Lipinski definition) is 1. The molecule has 0 bridgehead atoms. The van der Waals surface area contributed by atoms with E-state index in [1.165, 1.54) is 44.1 Å². The highest BCUT2D eigenvalue weighted by Gasteiger charge is 2.72. The van der Waals surface area contributed by atoms with Gasteiger partial charge in [-0.15, -0.1) is 0 Å². The topological polar surface area (TPSA) is 63.6 Å². The van der Waals surface area contributed by atoms with Gasteiger partial charge < -0.3 is 9.84 Å². The maximum Gasteiger partial charge on any atom is 0.309 e. The summed E-state index contributed by atoms with van der Waals surface area (Å²) >= 11 is 0. The second kappa shape index (κ2) is 17.8. The summed E-state index contributed by atoms with van der Waals surface area (Å²) in [6, 6.07) is 0. The van der Waals surface area contributed by atoms with E-state index in [9.17, 15) is 14.7 Å². The van der Waals surface area contributed by atoms with Crippen LogP contribution in [0.2, 0.25) is 0 Å². The maximum absolute atomic E-state index is 13.2. The van der Waals surface area contributed by atoms with Gasteiger partial charge in [0.25, 0.3) is 0 Å². The molecule has 0 unspecified atom stereocenters. The van der Waals surface area contributed by atoms with Gasteiger partial charge in [-0.1, -0.05) is 115 Å². The normalized spacial score (nSPS) is 38.7. The van der Waals surface area contributed by atoms with Gasteiger partial charge in [-0.3, -0.25) is 9.59 Å². The summed E-state index contributed by atoms with van der Waals surface area (Å²) in [6.45, 7) is 21.4. The lowest BCUT2D eigenvalue weighted by molar-refractivity contribution is -0.250. The van der Waals surface area contributed by atoms with E-state index in [2.05, 4.69) is 104 Å². The Labute approximate surface area is 330 Å². The van der Waals surface area contributed by atoms with Crippen LogP contribution in [0, 0.1) is 56.7 Å². The van der Waals surface area contributed by atoms with Crippen LogP contribution >= 0.6 is 0 Å². The molecule has 0 aromatic carbocycles. The minimum atomic E-state index is -0.571. The Morgan fingerprint density at radius 2 is 1.33 bits per heavy atom. The van der Waals surface area contributed by atoms with Crippen LogP contribution in [-0.2, 0) is 14.3 Å². The lowest BCUT2D eigenvalue weighted by atomic mass is 9.32. The van der Waals surface area contributed by atoms with Crippen molar-refractivity contribution >= 4 is 11.9 Å². The fraction of sp³-hybridized carbons (Fsp3) is 0.760. The summed E-state index contributed by atoms with van der Waals surface area (Å²) in [5, 5.41) is 10.7. The van der Waals surface area contributed by atoms with Crippen molar-refractivity contribution in [3.05, 3.63) is 60.8 Å². The largest absolute Gasteiger partial charge is 0.481 e. The minimum absolute atomic E-state index is 0.0309. The van der Waals surface area contributed by atoms with E-state index in [0.717, 1.165) is 83.5 Å². The molecule has 54 heavy (non-hydrogen) atoms. The third-order valence-corrected chi connectivity index (χ3v) is 16.9. The number of fused-ring (bicyclic) bond motifs is 7. The number of ether oxygens (including phenoxy) is 1. The van der Waals surface area contributed by atoms with Gasteiger partial charge in [0, 0.05) is 11.8 Å². The third kappa shape index (κ3) is 8.20. The number of unbranched alkanes of at least 4 members (excludes halogenated alkanes) is 4. The van der Waals surface area contributed by atoms with E-state index in [1.807, 2.05) is 0 Å². The number of aliphatic carboxylic acids is 1. The van der Waals surface area contributed by atoms with Gasteiger partial charge in [0.1, 0.15) is 6.10 Å². The van der Waals surface area contributed by atoms with E-state index in [1.54, 1.807) is 0 Å². The zero-order valence-electron chi connectivity index (χ0n) is 35.6. The van der Waals surface area contributed by atoms with Crippen LogP contribution in [0.3, 0.4) is 0 Å². The highest BCUT2D eigenvalue weighted by molar-refractivity contribution is 5.76. The fourth-order valence-corrected chi connectivity index (χ4v) is 13.8. The zero-order chi connectivity index (χ0) is 39.2. The molecule has 5 saturated carbocycles. The number of carbonyl (C=O) groups excluding carboxylic acids is 1. The molecule has 0 aromatic heterocycles. The standard InChI is InChI=1S/C50H78O4/c1-9-10-11-12-13-14-15-16-17-18-19-20-21-22-23-24-25-26-43(51)54-42-31-32-47(6)40(46(42,4)5)30-33-49(8)41(47)28-27-39-44-38(37(2)3)29-34-50(44,45(52)53)36-35-48(39,49)7/h13-14,16-17,19-20,22-23,38-42,44H,2,9-12,15,18,21,24-36H2,1,3-8H3,(H,52,53)/b14-13-,17-16-,20-19-,23-22-/t38-,39+,40-,41+,42-,44+,47-,48+,49+,50-/m0/s1. The van der Waals surface area contributed by atoms with E-state index in [0.29, 0.717) is 30.1 Å². The van der Waals surface area contributed by atoms with Gasteiger partial charge in [0.15, 0.2) is 0 Å². The van der Waals surface area contributed by atoms with Crippen LogP contribution in [-0.4, -0.2) is 23.1 Å². The summed E-state index contributed by atoms with van der Waals surface area (Å²) in [5.41, 5.74) is 1.05. The Bertz CT molecular complexity index is 1430. The van der Waals surface area contributed by atoms with Crippen LogP contribution in [0.25, 0.3) is 0 Å². The molecule has 10 atom stereocenters. The summed E-state index contributed by atoms with van der Waals surface area (Å²) in [5.74, 6) is 1.51. The fourth-order valence-electron chi connectivity index (χ4n) is 13.8. The van der Waals surface area contributed by atoms with Crippen molar-refractivity contribution in [2.24, 2.45) is 56.7 Å². The number of carbonyl (C=O) groups is 2. The van der Waals surface area contributed by atoms with Crippen LogP contribution in [0.1, 0.15) is 177 Å². The highest BCUT2D eigenvalue weighted by Crippen LogP contribution is 2.77. The molecule has 0 saturated heterocycles. The van der Waals surface area contributed by atoms with Gasteiger partial charge >= 0.3 is 11.9 Å². The Hall–Kier alpha value is -2.36. The van der Waals surface area contributed by atoms with Crippen LogP contribution < -0.4 is 0 Å². The second-order valence-corrected chi connectivity index (χ2v) is 20.0. The molecule has 0 aromatic rings. The number of hydrogen-bond acceptors (Lipinski definition) is 3. The van der Waals surface area contributed by atoms with Crippen molar-refractivity contribution < 1.29 is 19.4 Å². The number of rotatable bonds is 17. The van der Waals surface area contributed by atoms with Crippen molar-refractivity contribution in [3.63, 3.8) is 0 Å². The van der Waals surface area contributed by atoms with Crippen molar-refractivity contribution in [2.75, 3.05) is 0 Å². The zero-order valence-corrected chi connectivity index (χ0v) is 35.6. The monoisotopic (exact) mass is 743 g/mol. The van der Waals surface area contributed by atoms with Gasteiger partial charge in [0.05, 0.1) is 5.41 Å². The van der Waals surface area contributed by atoms with Gasteiger partial charge in [-0.25, -0.2) is 0 Å². The molecule has 0 radical (unpaired) electrons. The van der Waals surface area contributed by atoms with Crippen LogP contribution in [0.15, 0.2) is 60.8 Å². The van der Waals surface area contributed by atoms with Gasteiger partial charge in [-0.2, -0.15) is 0 Å². The molecule has 1 N–H and O–H groups in total. The predicted molar refractivity (Wildman–Crippen MR) is 225 cm³/mol. The summed E-state index contributed by atoms with van der Waals surface area (Å²) < 4.78 is 6.36. The molecule has 5 aliphatic rings. The average Bonchev–Trinajstić information content (AvgIpc) is 3.53. The summed E-state index contributed by atoms with van der Waals surface area (Å²) in [6.07, 6.45) is 38.6. The lowest BCUT2D eigenvalue weighted by Gasteiger charge is -2.72. The molecule has 302 valence electrons. The molecular weight excluding hydrogens is 665 g/mol. The third-order valence-electron chi connectivity index (χ3n) is 16.9. The SMILES string of the molecule is C=C(C)[C@@H]1CC[C@]2(C(=O)O)CC[C@]3(C)[C@H](CC[C@@H]4[C@@]5(C)CC[C@H](OC(=O)CCC/C=C\C/C=C\C/C=C\C/C=C\CCCCC)C(C)(C)[C@@H]5CC[C@]43C)[C@@H]12. The van der Waals surface area contributed by atoms with Gasteiger partial charge in [-0.05, 0) is 162 Å². The number of carboxylic acids is 1. The minimum Gasteiger partial charge on any atom is -0.481 e. The van der Waals surface area contributed by atoms with E-state index in [-0.39, 0.29) is 39.7 Å².